The highest BCUT2D eigenvalue weighted by atomic mass is 16.5. The topological polar surface area (TPSA) is 12.5 Å². The molecule has 0 aliphatic carbocycles. The standard InChI is InChI=1S/C39H39NO/c1-27(2)23-24-40-35-22-21-32-16-10-12-18-34(32)38(35)41-36(40)25-29(4)39(5,26-30-13-7-6-8-14-30)37-28(3)19-20-31-15-9-11-17-33(31)37/h6-22,25,27H,4,23-24,26H2,1-3,5H3/b36-25-. The largest absolute Gasteiger partial charge is 0.438 e. The molecule has 206 valence electrons. The predicted molar refractivity (Wildman–Crippen MR) is 175 cm³/mol. The predicted octanol–water partition coefficient (Wildman–Crippen LogP) is 10.1. The van der Waals surface area contributed by atoms with Crippen molar-refractivity contribution < 1.29 is 4.74 Å². The maximum atomic E-state index is 6.76. The minimum absolute atomic E-state index is 0.358. The second-order valence-electron chi connectivity index (χ2n) is 12.1. The van der Waals surface area contributed by atoms with E-state index < -0.39 is 0 Å². The molecule has 5 aromatic carbocycles. The van der Waals surface area contributed by atoms with Crippen LogP contribution in [0.25, 0.3) is 21.5 Å². The van der Waals surface area contributed by atoms with Gasteiger partial charge in [-0.3, -0.25) is 0 Å². The summed E-state index contributed by atoms with van der Waals surface area (Å²) in [5.74, 6) is 2.39. The van der Waals surface area contributed by atoms with E-state index in [2.05, 4.69) is 142 Å². The average molecular weight is 538 g/mol. The number of anilines is 1. The maximum absolute atomic E-state index is 6.76. The van der Waals surface area contributed by atoms with Crippen molar-refractivity contribution in [2.45, 2.75) is 46.0 Å². The number of hydrogen-bond donors (Lipinski definition) is 0. The minimum atomic E-state index is -0.358. The molecule has 41 heavy (non-hydrogen) atoms. The van der Waals surface area contributed by atoms with Crippen LogP contribution in [0.2, 0.25) is 0 Å². The Morgan fingerprint density at radius 2 is 1.46 bits per heavy atom. The number of hydrogen-bond acceptors (Lipinski definition) is 2. The van der Waals surface area contributed by atoms with Crippen LogP contribution in [0.1, 0.15) is 43.9 Å². The molecule has 5 aromatic rings. The molecule has 2 nitrogen and oxygen atoms in total. The Balaban J connectivity index is 1.49. The summed E-state index contributed by atoms with van der Waals surface area (Å²) in [4.78, 5) is 2.35. The molecule has 0 bridgehead atoms. The Hall–Kier alpha value is -4.30. The average Bonchev–Trinajstić information content (AvgIpc) is 3.33. The molecule has 1 aliphatic rings. The van der Waals surface area contributed by atoms with Gasteiger partial charge in [-0.15, -0.1) is 0 Å². The molecule has 0 radical (unpaired) electrons. The van der Waals surface area contributed by atoms with E-state index in [1.165, 1.54) is 32.8 Å². The number of aryl methyl sites for hydroxylation is 1. The van der Waals surface area contributed by atoms with E-state index in [4.69, 9.17) is 11.3 Å². The Morgan fingerprint density at radius 3 is 2.20 bits per heavy atom. The number of nitrogens with zero attached hydrogens (tertiary/aromatic N) is 1. The van der Waals surface area contributed by atoms with Gasteiger partial charge in [0.05, 0.1) is 5.69 Å². The fourth-order valence-electron chi connectivity index (χ4n) is 6.34. The first-order chi connectivity index (χ1) is 19.8. The third-order valence-corrected chi connectivity index (χ3v) is 8.65. The van der Waals surface area contributed by atoms with Gasteiger partial charge in [0.2, 0.25) is 5.88 Å². The summed E-state index contributed by atoms with van der Waals surface area (Å²) in [6.07, 6.45) is 4.12. The lowest BCUT2D eigenvalue weighted by molar-refractivity contribution is 0.433. The van der Waals surface area contributed by atoms with Gasteiger partial charge in [0.15, 0.2) is 5.75 Å². The molecule has 1 unspecified atom stereocenters. The first-order valence-corrected chi connectivity index (χ1v) is 14.8. The number of benzene rings is 5. The van der Waals surface area contributed by atoms with Gasteiger partial charge in [-0.05, 0) is 70.2 Å². The molecule has 0 saturated carbocycles. The van der Waals surface area contributed by atoms with Crippen molar-refractivity contribution in [1.82, 2.24) is 0 Å². The molecule has 0 N–H and O–H groups in total. The van der Waals surface area contributed by atoms with Gasteiger partial charge in [0.25, 0.3) is 0 Å². The van der Waals surface area contributed by atoms with E-state index in [0.717, 1.165) is 47.7 Å². The monoisotopic (exact) mass is 537 g/mol. The Kier molecular flexibility index (Phi) is 7.17. The van der Waals surface area contributed by atoms with Gasteiger partial charge in [0.1, 0.15) is 0 Å². The molecule has 1 heterocycles. The van der Waals surface area contributed by atoms with Gasteiger partial charge < -0.3 is 9.64 Å². The second kappa shape index (κ2) is 10.9. The van der Waals surface area contributed by atoms with Crippen LogP contribution in [0.15, 0.2) is 127 Å². The molecule has 0 amide bonds. The second-order valence-corrected chi connectivity index (χ2v) is 12.1. The van der Waals surface area contributed by atoms with E-state index >= 15 is 0 Å². The van der Waals surface area contributed by atoms with Crippen LogP contribution in [0.5, 0.6) is 5.75 Å². The van der Waals surface area contributed by atoms with Gasteiger partial charge in [-0.25, -0.2) is 0 Å². The highest BCUT2D eigenvalue weighted by molar-refractivity contribution is 5.95. The minimum Gasteiger partial charge on any atom is -0.438 e. The zero-order valence-electron chi connectivity index (χ0n) is 24.7. The van der Waals surface area contributed by atoms with Crippen molar-refractivity contribution in [3.63, 3.8) is 0 Å². The highest BCUT2D eigenvalue weighted by Gasteiger charge is 2.35. The first-order valence-electron chi connectivity index (χ1n) is 14.8. The summed E-state index contributed by atoms with van der Waals surface area (Å²) in [7, 11) is 0. The van der Waals surface area contributed by atoms with Crippen LogP contribution in [-0.4, -0.2) is 6.54 Å². The normalized spacial score (nSPS) is 15.3. The first kappa shape index (κ1) is 26.9. The molecule has 0 aromatic heterocycles. The van der Waals surface area contributed by atoms with Gasteiger partial charge in [-0.2, -0.15) is 0 Å². The smallest absolute Gasteiger partial charge is 0.200 e. The van der Waals surface area contributed by atoms with Crippen molar-refractivity contribution in [1.29, 1.82) is 0 Å². The van der Waals surface area contributed by atoms with E-state index in [1.807, 2.05) is 0 Å². The van der Waals surface area contributed by atoms with E-state index in [9.17, 15) is 0 Å². The Morgan fingerprint density at radius 1 is 0.829 bits per heavy atom. The zero-order chi connectivity index (χ0) is 28.6. The lowest BCUT2D eigenvalue weighted by atomic mass is 9.69. The van der Waals surface area contributed by atoms with Crippen molar-refractivity contribution in [3.05, 3.63) is 144 Å². The molecule has 0 fully saturated rings. The van der Waals surface area contributed by atoms with Crippen LogP contribution in [0.3, 0.4) is 0 Å². The lowest BCUT2D eigenvalue weighted by Gasteiger charge is -2.35. The molecular weight excluding hydrogens is 498 g/mol. The SMILES string of the molecule is C=C(/C=C1\Oc2c(ccc3ccccc23)N1CCC(C)C)C(C)(Cc1ccccc1)c1c(C)ccc2ccccc12. The van der Waals surface area contributed by atoms with Crippen LogP contribution < -0.4 is 9.64 Å². The molecular formula is C39H39NO. The van der Waals surface area contributed by atoms with E-state index in [1.54, 1.807) is 0 Å². The highest BCUT2D eigenvalue weighted by Crippen LogP contribution is 2.47. The lowest BCUT2D eigenvalue weighted by Crippen LogP contribution is -2.30. The van der Waals surface area contributed by atoms with E-state index in [-0.39, 0.29) is 5.41 Å². The van der Waals surface area contributed by atoms with E-state index in [0.29, 0.717) is 5.92 Å². The third kappa shape index (κ3) is 5.04. The number of allylic oxidation sites excluding steroid dienone is 2. The van der Waals surface area contributed by atoms with Crippen LogP contribution in [0.4, 0.5) is 5.69 Å². The summed E-state index contributed by atoms with van der Waals surface area (Å²) >= 11 is 0. The summed E-state index contributed by atoms with van der Waals surface area (Å²) in [6.45, 7) is 14.8. The molecule has 0 spiro atoms. The van der Waals surface area contributed by atoms with Crippen molar-refractivity contribution in [2.75, 3.05) is 11.4 Å². The maximum Gasteiger partial charge on any atom is 0.200 e. The number of ether oxygens (including phenoxy) is 1. The molecule has 1 atom stereocenters. The van der Waals surface area contributed by atoms with Gasteiger partial charge in [-0.1, -0.05) is 124 Å². The molecule has 1 aliphatic heterocycles. The summed E-state index contributed by atoms with van der Waals surface area (Å²) in [5, 5.41) is 4.87. The molecule has 0 saturated heterocycles. The fourth-order valence-corrected chi connectivity index (χ4v) is 6.34. The number of rotatable bonds is 8. The molecule has 2 heteroatoms. The Bertz CT molecular complexity index is 1760. The van der Waals surface area contributed by atoms with Crippen LogP contribution >= 0.6 is 0 Å². The summed E-state index contributed by atoms with van der Waals surface area (Å²) in [5.41, 5.74) is 5.72. The van der Waals surface area contributed by atoms with Crippen LogP contribution in [-0.2, 0) is 11.8 Å². The fraction of sp³-hybridized carbons (Fsp3) is 0.231. The Labute approximate surface area is 244 Å². The van der Waals surface area contributed by atoms with Gasteiger partial charge >= 0.3 is 0 Å². The summed E-state index contributed by atoms with van der Waals surface area (Å²) < 4.78 is 6.76. The number of fused-ring (bicyclic) bond motifs is 4. The van der Waals surface area contributed by atoms with Crippen molar-refractivity contribution in [2.24, 2.45) is 5.92 Å². The van der Waals surface area contributed by atoms with Crippen molar-refractivity contribution >= 4 is 27.2 Å². The van der Waals surface area contributed by atoms with Gasteiger partial charge in [0, 0.05) is 23.4 Å². The zero-order valence-corrected chi connectivity index (χ0v) is 24.7. The van der Waals surface area contributed by atoms with Crippen molar-refractivity contribution in [3.8, 4) is 5.75 Å². The molecule has 6 rings (SSSR count). The third-order valence-electron chi connectivity index (χ3n) is 8.65. The quantitative estimate of drug-likeness (QED) is 0.195. The van der Waals surface area contributed by atoms with Crippen LogP contribution in [0, 0.1) is 12.8 Å². The summed E-state index contributed by atoms with van der Waals surface area (Å²) in [6, 6.07) is 36.9.